The monoisotopic (exact) mass is 274 g/mol. The lowest BCUT2D eigenvalue weighted by Gasteiger charge is -2.14. The number of fused-ring (bicyclic) bond motifs is 1. The molecule has 2 aromatic rings. The maximum absolute atomic E-state index is 11.3. The number of carbonyl (C=O) groups is 1. The largest absolute Gasteiger partial charge is 0.504 e. The minimum atomic E-state index is 0.0825. The van der Waals surface area contributed by atoms with E-state index >= 15 is 0 Å². The first kappa shape index (κ1) is 14.3. The molecule has 0 unspecified atom stereocenters. The third kappa shape index (κ3) is 2.60. The Morgan fingerprint density at radius 2 is 2.10 bits per heavy atom. The first-order valence-corrected chi connectivity index (χ1v) is 6.57. The maximum atomic E-state index is 11.3. The van der Waals surface area contributed by atoms with Crippen molar-refractivity contribution in [2.75, 3.05) is 20.3 Å². The minimum absolute atomic E-state index is 0.0825. The molecule has 2 rings (SSSR count). The molecule has 0 amide bonds. The summed E-state index contributed by atoms with van der Waals surface area (Å²) in [6.07, 6.45) is 1.55. The average Bonchev–Trinajstić information content (AvgIpc) is 2.49. The van der Waals surface area contributed by atoms with Gasteiger partial charge in [-0.3, -0.25) is 4.79 Å². The van der Waals surface area contributed by atoms with E-state index in [9.17, 15) is 9.90 Å². The lowest BCUT2D eigenvalue weighted by Crippen LogP contribution is -2.05. The molecule has 4 nitrogen and oxygen atoms in total. The Balaban J connectivity index is 2.60. The highest BCUT2D eigenvalue weighted by Gasteiger charge is 2.14. The van der Waals surface area contributed by atoms with Crippen molar-refractivity contribution in [2.24, 2.45) is 0 Å². The van der Waals surface area contributed by atoms with Crippen LogP contribution in [0.5, 0.6) is 11.5 Å². The summed E-state index contributed by atoms with van der Waals surface area (Å²) in [5, 5.41) is 11.8. The molecule has 4 heteroatoms. The van der Waals surface area contributed by atoms with Gasteiger partial charge in [0, 0.05) is 18.1 Å². The fourth-order valence-corrected chi connectivity index (χ4v) is 2.27. The van der Waals surface area contributed by atoms with Crippen LogP contribution in [0.25, 0.3) is 10.8 Å². The molecule has 0 atom stereocenters. The van der Waals surface area contributed by atoms with Crippen LogP contribution in [0.2, 0.25) is 0 Å². The van der Waals surface area contributed by atoms with Crippen LogP contribution in [0.15, 0.2) is 24.3 Å². The smallest absolute Gasteiger partial charge is 0.166 e. The number of ether oxygens (including phenoxy) is 2. The molecule has 0 bridgehead atoms. The van der Waals surface area contributed by atoms with Crippen LogP contribution in [-0.4, -0.2) is 31.7 Å². The summed E-state index contributed by atoms with van der Waals surface area (Å²) in [5.74, 6) is 0.400. The first-order chi connectivity index (χ1) is 9.72. The third-order valence-corrected chi connectivity index (χ3v) is 3.27. The third-order valence-electron chi connectivity index (χ3n) is 3.27. The molecule has 0 aliphatic rings. The Morgan fingerprint density at radius 3 is 2.75 bits per heavy atom. The van der Waals surface area contributed by atoms with E-state index in [0.717, 1.165) is 23.7 Å². The molecule has 0 aliphatic heterocycles. The zero-order valence-electron chi connectivity index (χ0n) is 11.7. The topological polar surface area (TPSA) is 55.8 Å². The van der Waals surface area contributed by atoms with Gasteiger partial charge < -0.3 is 14.6 Å². The first-order valence-electron chi connectivity index (χ1n) is 6.57. The van der Waals surface area contributed by atoms with Crippen LogP contribution in [0.4, 0.5) is 0 Å². The summed E-state index contributed by atoms with van der Waals surface area (Å²) in [6.45, 7) is 2.75. The van der Waals surface area contributed by atoms with Crippen LogP contribution < -0.4 is 4.74 Å². The van der Waals surface area contributed by atoms with E-state index in [2.05, 4.69) is 0 Å². The van der Waals surface area contributed by atoms with Crippen molar-refractivity contribution >= 4 is 17.1 Å². The second-order valence-corrected chi connectivity index (χ2v) is 4.46. The number of hydrogen-bond acceptors (Lipinski definition) is 4. The van der Waals surface area contributed by atoms with Crippen LogP contribution in [0, 0.1) is 0 Å². The second-order valence-electron chi connectivity index (χ2n) is 4.46. The number of aromatic hydroxyl groups is 1. The second kappa shape index (κ2) is 6.39. The highest BCUT2D eigenvalue weighted by molar-refractivity contribution is 6.04. The van der Waals surface area contributed by atoms with Crippen molar-refractivity contribution in [2.45, 2.75) is 13.3 Å². The van der Waals surface area contributed by atoms with E-state index < -0.39 is 0 Å². The van der Waals surface area contributed by atoms with E-state index in [1.807, 2.05) is 25.1 Å². The summed E-state index contributed by atoms with van der Waals surface area (Å²) in [5.41, 5.74) is 1.50. The molecule has 0 heterocycles. The van der Waals surface area contributed by atoms with Crippen molar-refractivity contribution in [1.29, 1.82) is 0 Å². The summed E-state index contributed by atoms with van der Waals surface area (Å²) in [6, 6.07) is 7.23. The van der Waals surface area contributed by atoms with E-state index in [-0.39, 0.29) is 5.75 Å². The number of hydrogen-bond donors (Lipinski definition) is 1. The molecule has 0 aromatic heterocycles. The van der Waals surface area contributed by atoms with E-state index in [1.165, 1.54) is 0 Å². The lowest BCUT2D eigenvalue weighted by atomic mass is 9.97. The summed E-state index contributed by atoms with van der Waals surface area (Å²) >= 11 is 0. The summed E-state index contributed by atoms with van der Waals surface area (Å²) in [7, 11) is 1.58. The molecular formula is C16H18O4. The molecule has 2 aromatic carbocycles. The van der Waals surface area contributed by atoms with Gasteiger partial charge in [0.15, 0.2) is 17.8 Å². The van der Waals surface area contributed by atoms with E-state index in [1.54, 1.807) is 13.2 Å². The van der Waals surface area contributed by atoms with Crippen LogP contribution in [-0.2, 0) is 11.2 Å². The molecule has 1 N–H and O–H groups in total. The van der Waals surface area contributed by atoms with Crippen molar-refractivity contribution in [3.63, 3.8) is 0 Å². The van der Waals surface area contributed by atoms with Crippen LogP contribution >= 0.6 is 0 Å². The van der Waals surface area contributed by atoms with Gasteiger partial charge in [-0.15, -0.1) is 0 Å². The highest BCUT2D eigenvalue weighted by atomic mass is 16.5. The van der Waals surface area contributed by atoms with Crippen molar-refractivity contribution in [3.8, 4) is 11.5 Å². The highest BCUT2D eigenvalue weighted by Crippen LogP contribution is 2.38. The van der Waals surface area contributed by atoms with Crippen LogP contribution in [0.3, 0.4) is 0 Å². The number of aryl methyl sites for hydroxylation is 1. The molecule has 106 valence electrons. The van der Waals surface area contributed by atoms with E-state index in [4.69, 9.17) is 9.47 Å². The standard InChI is InChI=1S/C16H18O4/c1-3-11-5-4-6-13-12(10-17)9-14(16(18)15(11)13)20-8-7-19-2/h4-6,9-10,18H,3,7-8H2,1-2H3. The Bertz CT molecular complexity index is 619. The number of carbonyl (C=O) groups excluding carboxylic acids is 1. The molecule has 0 saturated carbocycles. The molecule has 0 fully saturated rings. The molecule has 0 radical (unpaired) electrons. The van der Waals surface area contributed by atoms with Crippen molar-refractivity contribution in [3.05, 3.63) is 35.4 Å². The summed E-state index contributed by atoms with van der Waals surface area (Å²) in [4.78, 5) is 11.3. The number of rotatable bonds is 6. The fourth-order valence-electron chi connectivity index (χ4n) is 2.27. The predicted molar refractivity (Wildman–Crippen MR) is 77.7 cm³/mol. The van der Waals surface area contributed by atoms with Gasteiger partial charge in [0.2, 0.25) is 0 Å². The number of methoxy groups -OCH3 is 1. The molecular weight excluding hydrogens is 256 g/mol. The predicted octanol–water partition coefficient (Wildman–Crippen LogP) is 2.95. The van der Waals surface area contributed by atoms with Gasteiger partial charge >= 0.3 is 0 Å². The number of phenols is 1. The number of aldehydes is 1. The Kier molecular flexibility index (Phi) is 4.58. The van der Waals surface area contributed by atoms with Gasteiger partial charge in [-0.1, -0.05) is 25.1 Å². The Hall–Kier alpha value is -2.07. The molecule has 0 aliphatic carbocycles. The number of phenolic OH excluding ortho intramolecular Hbond substituents is 1. The Morgan fingerprint density at radius 1 is 1.30 bits per heavy atom. The molecule has 20 heavy (non-hydrogen) atoms. The normalized spacial score (nSPS) is 10.7. The van der Waals surface area contributed by atoms with Gasteiger partial charge in [0.1, 0.15) is 6.61 Å². The van der Waals surface area contributed by atoms with Crippen LogP contribution in [0.1, 0.15) is 22.8 Å². The zero-order chi connectivity index (χ0) is 14.5. The van der Waals surface area contributed by atoms with Gasteiger partial charge in [-0.05, 0) is 23.4 Å². The zero-order valence-corrected chi connectivity index (χ0v) is 11.7. The van der Waals surface area contributed by atoms with Gasteiger partial charge in [-0.25, -0.2) is 0 Å². The molecule has 0 spiro atoms. The van der Waals surface area contributed by atoms with Crippen molar-refractivity contribution in [1.82, 2.24) is 0 Å². The van der Waals surface area contributed by atoms with Gasteiger partial charge in [0.25, 0.3) is 0 Å². The van der Waals surface area contributed by atoms with Gasteiger partial charge in [0.05, 0.1) is 6.61 Å². The Labute approximate surface area is 117 Å². The molecule has 0 saturated heterocycles. The van der Waals surface area contributed by atoms with Crippen molar-refractivity contribution < 1.29 is 19.4 Å². The van der Waals surface area contributed by atoms with Gasteiger partial charge in [-0.2, -0.15) is 0 Å². The number of benzene rings is 2. The summed E-state index contributed by atoms with van der Waals surface area (Å²) < 4.78 is 10.4. The quantitative estimate of drug-likeness (QED) is 0.650. The average molecular weight is 274 g/mol. The fraction of sp³-hybridized carbons (Fsp3) is 0.312. The van der Waals surface area contributed by atoms with E-state index in [0.29, 0.717) is 29.9 Å². The maximum Gasteiger partial charge on any atom is 0.166 e. The minimum Gasteiger partial charge on any atom is -0.504 e. The SMILES string of the molecule is CCc1cccc2c(C=O)cc(OCCOC)c(O)c12. The lowest BCUT2D eigenvalue weighted by molar-refractivity contribution is 0.112.